The highest BCUT2D eigenvalue weighted by molar-refractivity contribution is 5.76. The van der Waals surface area contributed by atoms with Gasteiger partial charge in [-0.1, -0.05) is 18.2 Å². The van der Waals surface area contributed by atoms with Crippen molar-refractivity contribution in [3.05, 3.63) is 72.1 Å². The minimum atomic E-state index is 0.268. The molecule has 0 spiro atoms. The smallest absolute Gasteiger partial charge is 0.118 e. The van der Waals surface area contributed by atoms with Crippen LogP contribution in [-0.4, -0.2) is 10.1 Å². The van der Waals surface area contributed by atoms with Crippen LogP contribution in [0.1, 0.15) is 17.5 Å². The number of fused-ring (bicyclic) bond motifs is 1. The van der Waals surface area contributed by atoms with Gasteiger partial charge < -0.3 is 10.4 Å². The van der Waals surface area contributed by atoms with Crippen LogP contribution in [0, 0.1) is 0 Å². The summed E-state index contributed by atoms with van der Waals surface area (Å²) in [6, 6.07) is 16.0. The van der Waals surface area contributed by atoms with E-state index in [0.29, 0.717) is 0 Å². The van der Waals surface area contributed by atoms with Crippen LogP contribution in [0.25, 0.3) is 11.1 Å². The Kier molecular flexibility index (Phi) is 3.46. The fraction of sp³-hybridized carbons (Fsp3) is 0.150. The quantitative estimate of drug-likeness (QED) is 0.738. The molecule has 0 amide bonds. The second-order valence-corrected chi connectivity index (χ2v) is 5.93. The Morgan fingerprint density at radius 3 is 2.78 bits per heavy atom. The van der Waals surface area contributed by atoms with Crippen LogP contribution in [0.2, 0.25) is 0 Å². The predicted molar refractivity (Wildman–Crippen MR) is 93.1 cm³/mol. The van der Waals surface area contributed by atoms with Gasteiger partial charge in [-0.15, -0.1) is 0 Å². The van der Waals surface area contributed by atoms with Crippen molar-refractivity contribution in [3.63, 3.8) is 0 Å². The van der Waals surface area contributed by atoms with Crippen LogP contribution < -0.4 is 5.32 Å². The third kappa shape index (κ3) is 2.78. The van der Waals surface area contributed by atoms with Crippen molar-refractivity contribution in [2.45, 2.75) is 19.3 Å². The molecule has 0 saturated heterocycles. The molecule has 0 fully saturated rings. The monoisotopic (exact) mass is 302 g/mol. The fourth-order valence-electron chi connectivity index (χ4n) is 3.33. The van der Waals surface area contributed by atoms with Gasteiger partial charge in [0, 0.05) is 18.0 Å². The Hall–Kier alpha value is -2.81. The number of nitrogens with one attached hydrogen (secondary N) is 1. The number of phenolic OH excluding ortho intramolecular Hbond substituents is 1. The average molecular weight is 302 g/mol. The zero-order valence-electron chi connectivity index (χ0n) is 12.8. The lowest BCUT2D eigenvalue weighted by atomic mass is 9.96. The van der Waals surface area contributed by atoms with Crippen LogP contribution in [0.4, 0.5) is 11.4 Å². The molecule has 2 N–H and O–H groups in total. The van der Waals surface area contributed by atoms with Crippen molar-refractivity contribution in [1.82, 2.24) is 4.98 Å². The summed E-state index contributed by atoms with van der Waals surface area (Å²) in [5.41, 5.74) is 6.91. The second-order valence-electron chi connectivity index (χ2n) is 5.93. The number of hydrogen-bond acceptors (Lipinski definition) is 3. The maximum Gasteiger partial charge on any atom is 0.118 e. The minimum absolute atomic E-state index is 0.268. The van der Waals surface area contributed by atoms with Gasteiger partial charge >= 0.3 is 0 Å². The summed E-state index contributed by atoms with van der Waals surface area (Å²) in [5.74, 6) is 0.268. The summed E-state index contributed by atoms with van der Waals surface area (Å²) in [5, 5.41) is 13.4. The van der Waals surface area contributed by atoms with E-state index in [1.165, 1.54) is 23.1 Å². The van der Waals surface area contributed by atoms with Gasteiger partial charge in [-0.25, -0.2) is 0 Å². The van der Waals surface area contributed by atoms with E-state index in [2.05, 4.69) is 34.6 Å². The number of pyridine rings is 1. The van der Waals surface area contributed by atoms with Gasteiger partial charge in [0.2, 0.25) is 0 Å². The Labute approximate surface area is 135 Å². The maximum absolute atomic E-state index is 10.1. The number of aromatic nitrogens is 1. The summed E-state index contributed by atoms with van der Waals surface area (Å²) in [6.45, 7) is 0. The van der Waals surface area contributed by atoms with E-state index in [4.69, 9.17) is 0 Å². The van der Waals surface area contributed by atoms with Crippen LogP contribution in [0.15, 0.2) is 60.9 Å². The minimum Gasteiger partial charge on any atom is -0.508 e. The molecule has 2 aromatic carbocycles. The van der Waals surface area contributed by atoms with Gasteiger partial charge in [0.15, 0.2) is 0 Å². The van der Waals surface area contributed by atoms with E-state index in [9.17, 15) is 5.11 Å². The van der Waals surface area contributed by atoms with Crippen molar-refractivity contribution in [2.75, 3.05) is 5.32 Å². The molecule has 3 heteroatoms. The molecule has 0 bridgehead atoms. The molecule has 0 unspecified atom stereocenters. The number of anilines is 2. The molecule has 1 aliphatic rings. The molecule has 4 rings (SSSR count). The number of benzene rings is 2. The van der Waals surface area contributed by atoms with Crippen molar-refractivity contribution < 1.29 is 5.11 Å². The summed E-state index contributed by atoms with van der Waals surface area (Å²) >= 11 is 0. The Morgan fingerprint density at radius 1 is 0.957 bits per heavy atom. The normalized spacial score (nSPS) is 12.9. The van der Waals surface area contributed by atoms with Gasteiger partial charge in [0.25, 0.3) is 0 Å². The molecular weight excluding hydrogens is 284 g/mol. The number of hydrogen-bond donors (Lipinski definition) is 2. The molecule has 0 radical (unpaired) electrons. The number of rotatable bonds is 3. The summed E-state index contributed by atoms with van der Waals surface area (Å²) in [7, 11) is 0. The third-order valence-corrected chi connectivity index (χ3v) is 4.32. The molecule has 23 heavy (non-hydrogen) atoms. The molecule has 0 saturated carbocycles. The maximum atomic E-state index is 10.1. The molecular formula is C20H18N2O. The molecule has 1 heterocycles. The van der Waals surface area contributed by atoms with Gasteiger partial charge in [-0.3, -0.25) is 4.98 Å². The molecule has 114 valence electrons. The molecule has 3 aromatic rings. The summed E-state index contributed by atoms with van der Waals surface area (Å²) < 4.78 is 0. The zero-order chi connectivity index (χ0) is 15.6. The lowest BCUT2D eigenvalue weighted by Gasteiger charge is -2.12. The highest BCUT2D eigenvalue weighted by Crippen LogP contribution is 2.35. The number of nitrogens with zero attached hydrogens (tertiary/aromatic N) is 1. The molecule has 1 aliphatic carbocycles. The number of phenols is 1. The Morgan fingerprint density at radius 2 is 1.91 bits per heavy atom. The van der Waals surface area contributed by atoms with Crippen molar-refractivity contribution in [3.8, 4) is 16.9 Å². The van der Waals surface area contributed by atoms with Crippen molar-refractivity contribution in [2.24, 2.45) is 0 Å². The van der Waals surface area contributed by atoms with Crippen LogP contribution in [0.5, 0.6) is 5.75 Å². The van der Waals surface area contributed by atoms with Crippen LogP contribution in [-0.2, 0) is 12.8 Å². The zero-order valence-corrected chi connectivity index (χ0v) is 12.8. The SMILES string of the molecule is Oc1cc(Nc2cccnc2)cc(-c2cccc3c2CCC3)c1. The highest BCUT2D eigenvalue weighted by Gasteiger charge is 2.16. The number of aryl methyl sites for hydroxylation is 1. The van der Waals surface area contributed by atoms with Gasteiger partial charge in [0.1, 0.15) is 5.75 Å². The van der Waals surface area contributed by atoms with Crippen molar-refractivity contribution >= 4 is 11.4 Å². The average Bonchev–Trinajstić information content (AvgIpc) is 3.04. The van der Waals surface area contributed by atoms with Crippen LogP contribution in [0.3, 0.4) is 0 Å². The second kappa shape index (κ2) is 5.76. The van der Waals surface area contributed by atoms with E-state index >= 15 is 0 Å². The van der Waals surface area contributed by atoms with E-state index in [-0.39, 0.29) is 5.75 Å². The Bertz CT molecular complexity index is 844. The van der Waals surface area contributed by atoms with E-state index in [1.54, 1.807) is 18.5 Å². The molecule has 0 aliphatic heterocycles. The van der Waals surface area contributed by atoms with Gasteiger partial charge in [-0.05, 0) is 65.8 Å². The molecule has 0 atom stereocenters. The third-order valence-electron chi connectivity index (χ3n) is 4.32. The van der Waals surface area contributed by atoms with Crippen molar-refractivity contribution in [1.29, 1.82) is 0 Å². The largest absolute Gasteiger partial charge is 0.508 e. The fourth-order valence-corrected chi connectivity index (χ4v) is 3.33. The Balaban J connectivity index is 1.74. The summed E-state index contributed by atoms with van der Waals surface area (Å²) in [6.07, 6.45) is 7.00. The van der Waals surface area contributed by atoms with E-state index in [1.807, 2.05) is 18.2 Å². The molecule has 3 nitrogen and oxygen atoms in total. The standard InChI is InChI=1S/C20H18N2O/c23-18-11-15(20-8-2-5-14-4-1-7-19(14)20)10-17(12-18)22-16-6-3-9-21-13-16/h2-3,5-6,8-13,22-23H,1,4,7H2. The van der Waals surface area contributed by atoms with Gasteiger partial charge in [-0.2, -0.15) is 0 Å². The molecule has 1 aromatic heterocycles. The first-order valence-electron chi connectivity index (χ1n) is 7.92. The predicted octanol–water partition coefficient (Wildman–Crippen LogP) is 4.69. The lowest BCUT2D eigenvalue weighted by molar-refractivity contribution is 0.476. The first-order chi connectivity index (χ1) is 11.3. The summed E-state index contributed by atoms with van der Waals surface area (Å²) in [4.78, 5) is 4.11. The van der Waals surface area contributed by atoms with E-state index in [0.717, 1.165) is 29.8 Å². The first kappa shape index (κ1) is 13.8. The van der Waals surface area contributed by atoms with Crippen LogP contribution >= 0.6 is 0 Å². The number of aromatic hydroxyl groups is 1. The topological polar surface area (TPSA) is 45.1 Å². The first-order valence-corrected chi connectivity index (χ1v) is 7.92. The lowest BCUT2D eigenvalue weighted by Crippen LogP contribution is -1.93. The van der Waals surface area contributed by atoms with E-state index < -0.39 is 0 Å². The highest BCUT2D eigenvalue weighted by atomic mass is 16.3. The van der Waals surface area contributed by atoms with Gasteiger partial charge in [0.05, 0.1) is 11.9 Å².